The number of benzene rings is 8. The summed E-state index contributed by atoms with van der Waals surface area (Å²) in [5.74, 6) is -4.54. The third-order valence-corrected chi connectivity index (χ3v) is 20.3. The molecule has 2 fully saturated rings. The summed E-state index contributed by atoms with van der Waals surface area (Å²) in [6.07, 6.45) is -5.07. The maximum atomic E-state index is 16.1. The monoisotopic (exact) mass is 1410 g/mol. The Morgan fingerprint density at radius 1 is 0.569 bits per heavy atom. The Labute approximate surface area is 586 Å². The topological polar surface area (TPSA) is 301 Å². The van der Waals surface area contributed by atoms with Crippen LogP contribution in [0.2, 0.25) is 25.7 Å². The van der Waals surface area contributed by atoms with Gasteiger partial charge in [-0.25, -0.2) is 47.9 Å². The fourth-order valence-electron chi connectivity index (χ4n) is 12.2. The number of hydrogen-bond donors (Lipinski definition) is 3. The van der Waals surface area contributed by atoms with Gasteiger partial charge < -0.3 is 38.7 Å². The fraction of sp³-hybridized carbons (Fsp3) is 0.211. The standard InChI is InChI=1S/C76H70N7O17PSi/c1-49(84)79-66-63-67(78-48-77-66)83(75(91)80-63)69-65(100-74(90)54-29-18-9-19-30-54)64(99-73(89)53-27-16-8-17-28-53)62(98-69)47-94-101(92,93-45-46-102(2,3)4)81-68(85)61-31-20-44-82(61)76(55-32-38-58(39-33-55)95-70(86)50-21-10-5-11-22-50,56-34-40-59(41-35-56)96-71(87)51-23-12-6-13-24-51)57-36-42-60(43-37-57)97-72(88)52-25-14-7-15-26-52/h5-19,21-30,32-43,48,61-62,64-65,69H,20,31,44-47H2,1-4H3,(H,80,91)(H,81,85,92)(H,77,78,79,84)/t61?,62-,64-,65-,69-,101?/m1/s1. The van der Waals surface area contributed by atoms with Gasteiger partial charge in [0.25, 0.3) is 0 Å². The van der Waals surface area contributed by atoms with Crippen molar-refractivity contribution in [2.75, 3.05) is 25.1 Å². The molecule has 102 heavy (non-hydrogen) atoms. The number of ether oxygens (including phenoxy) is 6. The Kier molecular flexibility index (Phi) is 21.5. The van der Waals surface area contributed by atoms with Crippen LogP contribution in [0, 0.1) is 0 Å². The van der Waals surface area contributed by atoms with E-state index < -0.39 is 106 Å². The van der Waals surface area contributed by atoms with Crippen molar-refractivity contribution in [3.8, 4) is 17.2 Å². The predicted molar refractivity (Wildman–Crippen MR) is 377 cm³/mol. The minimum atomic E-state index is -4.97. The van der Waals surface area contributed by atoms with Crippen LogP contribution < -0.4 is 30.3 Å². The lowest BCUT2D eigenvalue weighted by molar-refractivity contribution is -0.125. The highest BCUT2D eigenvalue weighted by molar-refractivity contribution is 7.52. The van der Waals surface area contributed by atoms with E-state index >= 15 is 9.36 Å². The summed E-state index contributed by atoms with van der Waals surface area (Å²) < 4.78 is 66.6. The summed E-state index contributed by atoms with van der Waals surface area (Å²) in [4.78, 5) is 125. The van der Waals surface area contributed by atoms with Crippen LogP contribution in [0.5, 0.6) is 17.2 Å². The largest absolute Gasteiger partial charge is 0.452 e. The van der Waals surface area contributed by atoms with E-state index in [1.807, 2.05) is 4.90 Å². The number of imidazole rings is 1. The molecule has 3 N–H and O–H groups in total. The molecule has 2 aromatic heterocycles. The van der Waals surface area contributed by atoms with Crippen LogP contribution in [0.25, 0.3) is 11.2 Å². The molecule has 26 heteroatoms. The zero-order valence-corrected chi connectivity index (χ0v) is 57.6. The van der Waals surface area contributed by atoms with Crippen LogP contribution in [-0.2, 0) is 43.0 Å². The van der Waals surface area contributed by atoms with Gasteiger partial charge in [-0.15, -0.1) is 0 Å². The van der Waals surface area contributed by atoms with Crippen LogP contribution in [-0.4, -0.2) is 118 Å². The third kappa shape index (κ3) is 16.1. The van der Waals surface area contributed by atoms with Gasteiger partial charge in [0.15, 0.2) is 29.9 Å². The second-order valence-corrected chi connectivity index (χ2v) is 32.6. The van der Waals surface area contributed by atoms with E-state index in [0.717, 1.165) is 10.9 Å². The summed E-state index contributed by atoms with van der Waals surface area (Å²) in [7, 11) is -6.99. The van der Waals surface area contributed by atoms with E-state index in [1.165, 1.54) is 31.2 Å². The number of nitrogens with one attached hydrogen (secondary N) is 3. The Hall–Kier alpha value is -11.3. The number of carbonyl (C=O) groups excluding carboxylic acids is 7. The summed E-state index contributed by atoms with van der Waals surface area (Å²) in [5.41, 5.74) is 0.0386. The summed E-state index contributed by atoms with van der Waals surface area (Å²) >= 11 is 0. The summed E-state index contributed by atoms with van der Waals surface area (Å²) in [5, 5.41) is 5.26. The van der Waals surface area contributed by atoms with Crippen LogP contribution in [0.15, 0.2) is 236 Å². The molecule has 4 heterocycles. The Bertz CT molecular complexity index is 4550. The van der Waals surface area contributed by atoms with Crippen LogP contribution in [0.3, 0.4) is 0 Å². The van der Waals surface area contributed by atoms with Gasteiger partial charge in [-0.2, -0.15) is 0 Å². The number of likely N-dealkylation sites (tertiary alicyclic amines) is 1. The molecule has 12 rings (SSSR count). The van der Waals surface area contributed by atoms with Gasteiger partial charge in [0.05, 0.1) is 52.6 Å². The molecule has 24 nitrogen and oxygen atoms in total. The highest BCUT2D eigenvalue weighted by atomic mass is 31.2. The number of anilines is 1. The first kappa shape index (κ1) is 70.5. The van der Waals surface area contributed by atoms with Crippen molar-refractivity contribution in [3.63, 3.8) is 0 Å². The molecule has 0 saturated carbocycles. The number of carbonyl (C=O) groups is 7. The summed E-state index contributed by atoms with van der Waals surface area (Å²) in [6.45, 7) is 6.66. The molecule has 10 aromatic rings. The maximum Gasteiger partial charge on any atom is 0.435 e. The van der Waals surface area contributed by atoms with Crippen molar-refractivity contribution in [1.29, 1.82) is 0 Å². The molecular weight excluding hydrogens is 1340 g/mol. The number of nitrogens with zero attached hydrogens (tertiary/aromatic N) is 4. The lowest BCUT2D eigenvalue weighted by Gasteiger charge is -2.46. The van der Waals surface area contributed by atoms with Crippen molar-refractivity contribution in [2.24, 2.45) is 0 Å². The average Bonchev–Trinajstić information content (AvgIpc) is 1.23. The number of aromatic nitrogens is 4. The van der Waals surface area contributed by atoms with E-state index in [2.05, 4.69) is 45.0 Å². The van der Waals surface area contributed by atoms with Crippen molar-refractivity contribution in [2.45, 2.75) is 81.6 Å². The van der Waals surface area contributed by atoms with Crippen molar-refractivity contribution < 1.29 is 75.6 Å². The third-order valence-electron chi connectivity index (χ3n) is 17.1. The quantitative estimate of drug-likeness (QED) is 0.0157. The summed E-state index contributed by atoms with van der Waals surface area (Å²) in [6, 6.07) is 60.6. The molecule has 2 aliphatic rings. The zero-order valence-electron chi connectivity index (χ0n) is 55.7. The number of fused-ring (bicyclic) bond motifs is 1. The van der Waals surface area contributed by atoms with Gasteiger partial charge in [-0.1, -0.05) is 147 Å². The highest BCUT2D eigenvalue weighted by Gasteiger charge is 2.54. The average molecular weight is 1410 g/mol. The molecule has 2 unspecified atom stereocenters. The molecule has 0 radical (unpaired) electrons. The lowest BCUT2D eigenvalue weighted by atomic mass is 9.75. The lowest BCUT2D eigenvalue weighted by Crippen LogP contribution is -2.54. The highest BCUT2D eigenvalue weighted by Crippen LogP contribution is 2.50. The predicted octanol–water partition coefficient (Wildman–Crippen LogP) is 12.1. The number of aromatic amines is 1. The van der Waals surface area contributed by atoms with Crippen LogP contribution >= 0.6 is 7.75 Å². The minimum Gasteiger partial charge on any atom is -0.452 e. The van der Waals surface area contributed by atoms with Gasteiger partial charge in [-0.3, -0.25) is 28.6 Å². The number of hydrogen-bond acceptors (Lipinski definition) is 20. The van der Waals surface area contributed by atoms with E-state index in [-0.39, 0.29) is 64.9 Å². The first-order valence-electron chi connectivity index (χ1n) is 32.8. The van der Waals surface area contributed by atoms with Crippen LogP contribution in [0.4, 0.5) is 5.82 Å². The molecule has 0 spiro atoms. The van der Waals surface area contributed by atoms with E-state index in [1.54, 1.807) is 200 Å². The maximum absolute atomic E-state index is 16.1. The number of rotatable bonds is 25. The van der Waals surface area contributed by atoms with E-state index in [0.29, 0.717) is 45.8 Å². The number of H-pyrrole nitrogens is 1. The Morgan fingerprint density at radius 2 is 0.990 bits per heavy atom. The molecule has 0 bridgehead atoms. The molecular formula is C76H70N7O17PSi. The molecule has 520 valence electrons. The first-order valence-corrected chi connectivity index (χ1v) is 38.0. The van der Waals surface area contributed by atoms with Gasteiger partial charge in [-0.05, 0) is 133 Å². The second kappa shape index (κ2) is 31.1. The molecule has 8 aromatic carbocycles. The fourth-order valence-corrected chi connectivity index (χ4v) is 14.4. The Balaban J connectivity index is 0.939. The first-order chi connectivity index (χ1) is 49.2. The second-order valence-electron chi connectivity index (χ2n) is 25.3. The van der Waals surface area contributed by atoms with Crippen molar-refractivity contribution in [3.05, 3.63) is 286 Å². The van der Waals surface area contributed by atoms with Crippen LogP contribution in [0.1, 0.15) is 94.5 Å². The van der Waals surface area contributed by atoms with Gasteiger partial charge in [0.1, 0.15) is 35.2 Å². The van der Waals surface area contributed by atoms with Gasteiger partial charge in [0, 0.05) is 21.5 Å². The minimum absolute atomic E-state index is 0.0379. The molecule has 0 aliphatic carbocycles. The molecule has 6 atom stereocenters. The van der Waals surface area contributed by atoms with Gasteiger partial charge in [0.2, 0.25) is 11.8 Å². The van der Waals surface area contributed by atoms with E-state index in [4.69, 9.17) is 37.5 Å². The SMILES string of the molecule is CC(=O)Nc1ncnc2c1[nH]c(=O)n2[C@@H]1O[C@H](COP(=O)(NC(=O)C2CCCN2C(c2ccc(OC(=O)c3ccccc3)cc2)(c2ccc(OC(=O)c3ccccc3)cc2)c2ccc(OC(=O)c3ccccc3)cc2)OCC[Si](C)(C)C)[C@@H](OC(=O)c2ccccc2)[C@H]1OC(=O)c1ccccc1. The van der Waals surface area contributed by atoms with Crippen molar-refractivity contribution in [1.82, 2.24) is 29.5 Å². The smallest absolute Gasteiger partial charge is 0.435 e. The van der Waals surface area contributed by atoms with Gasteiger partial charge >= 0.3 is 43.3 Å². The normalized spacial score (nSPS) is 17.4. The molecule has 2 amide bonds. The zero-order chi connectivity index (χ0) is 71.5. The number of esters is 5. The van der Waals surface area contributed by atoms with Crippen molar-refractivity contribution >= 4 is 74.5 Å². The molecule has 2 saturated heterocycles. The number of amides is 2. The molecule has 2 aliphatic heterocycles. The Morgan fingerprint density at radius 3 is 1.41 bits per heavy atom. The van der Waals surface area contributed by atoms with E-state index in [9.17, 15) is 33.6 Å².